The van der Waals surface area contributed by atoms with E-state index in [1.54, 1.807) is 30.3 Å². The molecule has 2 N–H and O–H groups in total. The molecular weight excluding hydrogens is 414 g/mol. The Morgan fingerprint density at radius 1 is 1.00 bits per heavy atom. The lowest BCUT2D eigenvalue weighted by atomic mass is 9.99. The standard InChI is InChI=1S/C21H14ClNO5S/c22-15-5-1-3-12(10-15)9-13-4-2-6-17-19(13)20(24)23-16-8-7-14(21(25)26)11-18(16)29(17,27)28/h1-8,10-11H,9H2,(H,23,24)(H,25,26). The van der Waals surface area contributed by atoms with E-state index < -0.39 is 21.7 Å². The van der Waals surface area contributed by atoms with Crippen molar-refractivity contribution < 1.29 is 23.1 Å². The third-order valence-corrected chi connectivity index (χ3v) is 6.75. The van der Waals surface area contributed by atoms with Gasteiger partial charge >= 0.3 is 5.97 Å². The third kappa shape index (κ3) is 3.39. The van der Waals surface area contributed by atoms with Gasteiger partial charge in [-0.15, -0.1) is 0 Å². The molecule has 0 fully saturated rings. The van der Waals surface area contributed by atoms with Gasteiger partial charge in [0.2, 0.25) is 9.84 Å². The molecule has 3 aromatic rings. The number of carboxylic acid groups (broad SMARTS) is 1. The first-order chi connectivity index (χ1) is 13.8. The average Bonchev–Trinajstić information content (AvgIpc) is 2.75. The fourth-order valence-electron chi connectivity index (χ4n) is 3.36. The monoisotopic (exact) mass is 427 g/mol. The number of rotatable bonds is 3. The highest BCUT2D eigenvalue weighted by molar-refractivity contribution is 7.91. The summed E-state index contributed by atoms with van der Waals surface area (Å²) in [6.07, 6.45) is 0.309. The molecule has 0 saturated heterocycles. The number of carbonyl (C=O) groups excluding carboxylic acids is 1. The second kappa shape index (κ2) is 7.02. The lowest BCUT2D eigenvalue weighted by Crippen LogP contribution is -2.15. The molecule has 1 aliphatic heterocycles. The van der Waals surface area contributed by atoms with E-state index in [0.29, 0.717) is 17.0 Å². The Hall–Kier alpha value is -3.16. The zero-order chi connectivity index (χ0) is 20.8. The predicted molar refractivity (Wildman–Crippen MR) is 108 cm³/mol. The van der Waals surface area contributed by atoms with Gasteiger partial charge in [-0.2, -0.15) is 0 Å². The van der Waals surface area contributed by atoms with Crippen molar-refractivity contribution >= 4 is 39.0 Å². The number of sulfone groups is 1. The Balaban J connectivity index is 1.91. The molecule has 3 aromatic carbocycles. The van der Waals surface area contributed by atoms with Crippen LogP contribution in [0.15, 0.2) is 70.5 Å². The highest BCUT2D eigenvalue weighted by Crippen LogP contribution is 2.36. The molecule has 0 bridgehead atoms. The number of hydrogen-bond donors (Lipinski definition) is 2. The Morgan fingerprint density at radius 3 is 2.48 bits per heavy atom. The molecule has 4 rings (SSSR count). The molecule has 29 heavy (non-hydrogen) atoms. The van der Waals surface area contributed by atoms with Gasteiger partial charge < -0.3 is 10.4 Å². The van der Waals surface area contributed by atoms with Crippen LogP contribution in [0.3, 0.4) is 0 Å². The molecule has 1 aliphatic rings. The molecule has 0 saturated carbocycles. The molecular formula is C21H14ClNO5S. The number of halogens is 1. The summed E-state index contributed by atoms with van der Waals surface area (Å²) < 4.78 is 26.6. The van der Waals surface area contributed by atoms with Crippen LogP contribution >= 0.6 is 11.6 Å². The average molecular weight is 428 g/mol. The first-order valence-corrected chi connectivity index (χ1v) is 10.4. The number of carbonyl (C=O) groups is 2. The maximum Gasteiger partial charge on any atom is 0.335 e. The van der Waals surface area contributed by atoms with Gasteiger partial charge in [0, 0.05) is 5.02 Å². The van der Waals surface area contributed by atoms with Gasteiger partial charge in [-0.05, 0) is 53.9 Å². The molecule has 0 spiro atoms. The van der Waals surface area contributed by atoms with Gasteiger partial charge in [-0.1, -0.05) is 35.9 Å². The molecule has 1 amide bonds. The number of aromatic carboxylic acids is 1. The Kier molecular flexibility index (Phi) is 4.64. The van der Waals surface area contributed by atoms with Gasteiger partial charge in [0.1, 0.15) is 0 Å². The second-order valence-corrected chi connectivity index (χ2v) is 8.89. The number of amides is 1. The molecule has 0 aliphatic carbocycles. The zero-order valence-electron chi connectivity index (χ0n) is 14.8. The van der Waals surface area contributed by atoms with Gasteiger partial charge in [0.25, 0.3) is 5.91 Å². The van der Waals surface area contributed by atoms with Crippen LogP contribution in [-0.2, 0) is 16.3 Å². The van der Waals surface area contributed by atoms with E-state index in [9.17, 15) is 23.1 Å². The van der Waals surface area contributed by atoms with Crippen molar-refractivity contribution in [3.63, 3.8) is 0 Å². The lowest BCUT2D eigenvalue weighted by Gasteiger charge is -2.11. The maximum absolute atomic E-state index is 13.3. The molecule has 146 valence electrons. The van der Waals surface area contributed by atoms with Crippen LogP contribution in [0.5, 0.6) is 0 Å². The summed E-state index contributed by atoms with van der Waals surface area (Å²) in [5, 5.41) is 12.3. The van der Waals surface area contributed by atoms with E-state index in [2.05, 4.69) is 5.32 Å². The molecule has 0 aromatic heterocycles. The molecule has 8 heteroatoms. The second-order valence-electron chi connectivity index (χ2n) is 6.57. The number of hydrogen-bond acceptors (Lipinski definition) is 4. The Morgan fingerprint density at radius 2 is 1.76 bits per heavy atom. The van der Waals surface area contributed by atoms with Crippen LogP contribution in [0.25, 0.3) is 0 Å². The van der Waals surface area contributed by atoms with E-state index in [1.165, 1.54) is 18.2 Å². The predicted octanol–water partition coefficient (Wildman–Crippen LogP) is 4.03. The normalized spacial score (nSPS) is 14.3. The fraction of sp³-hybridized carbons (Fsp3) is 0.0476. The van der Waals surface area contributed by atoms with E-state index in [0.717, 1.165) is 11.6 Å². The number of nitrogens with one attached hydrogen (secondary N) is 1. The number of fused-ring (bicyclic) bond motifs is 2. The van der Waals surface area contributed by atoms with Gasteiger partial charge in [-0.25, -0.2) is 13.2 Å². The quantitative estimate of drug-likeness (QED) is 0.657. The van der Waals surface area contributed by atoms with E-state index in [4.69, 9.17) is 11.6 Å². The first kappa shape index (κ1) is 19.2. The number of anilines is 1. The van der Waals surface area contributed by atoms with Crippen LogP contribution in [-0.4, -0.2) is 25.4 Å². The van der Waals surface area contributed by atoms with E-state index >= 15 is 0 Å². The Labute approximate surface area is 171 Å². The third-order valence-electron chi connectivity index (χ3n) is 4.68. The van der Waals surface area contributed by atoms with Crippen LogP contribution in [0.4, 0.5) is 5.69 Å². The number of benzene rings is 3. The highest BCUT2D eigenvalue weighted by Gasteiger charge is 2.33. The van der Waals surface area contributed by atoms with Crippen molar-refractivity contribution in [2.45, 2.75) is 16.2 Å². The largest absolute Gasteiger partial charge is 0.478 e. The summed E-state index contributed by atoms with van der Waals surface area (Å²) in [5.74, 6) is -1.82. The summed E-state index contributed by atoms with van der Waals surface area (Å²) in [6, 6.07) is 15.3. The molecule has 6 nitrogen and oxygen atoms in total. The van der Waals surface area contributed by atoms with Crippen LogP contribution in [0.1, 0.15) is 31.8 Å². The SMILES string of the molecule is O=C(O)c1ccc2c(c1)S(=O)(=O)c1cccc(Cc3cccc(Cl)c3)c1C(=O)N2. The van der Waals surface area contributed by atoms with Crippen molar-refractivity contribution in [3.05, 3.63) is 87.9 Å². The molecule has 0 unspecified atom stereocenters. The molecule has 0 radical (unpaired) electrons. The smallest absolute Gasteiger partial charge is 0.335 e. The highest BCUT2D eigenvalue weighted by atomic mass is 35.5. The zero-order valence-corrected chi connectivity index (χ0v) is 16.4. The van der Waals surface area contributed by atoms with Crippen LogP contribution < -0.4 is 5.32 Å². The van der Waals surface area contributed by atoms with Gasteiger partial charge in [0.05, 0.1) is 26.6 Å². The summed E-state index contributed by atoms with van der Waals surface area (Å²) in [7, 11) is -4.12. The van der Waals surface area contributed by atoms with Crippen LogP contribution in [0.2, 0.25) is 5.02 Å². The minimum absolute atomic E-state index is 0.0422. The van der Waals surface area contributed by atoms with Crippen molar-refractivity contribution in [2.75, 3.05) is 5.32 Å². The topological polar surface area (TPSA) is 101 Å². The summed E-state index contributed by atoms with van der Waals surface area (Å²) in [5.41, 5.74) is 1.26. The summed E-state index contributed by atoms with van der Waals surface area (Å²) in [6.45, 7) is 0. The van der Waals surface area contributed by atoms with Crippen LogP contribution in [0, 0.1) is 0 Å². The number of carboxylic acids is 1. The maximum atomic E-state index is 13.3. The van der Waals surface area contributed by atoms with Gasteiger partial charge in [-0.3, -0.25) is 4.79 Å². The minimum atomic E-state index is -4.12. The Bertz CT molecular complexity index is 1280. The van der Waals surface area contributed by atoms with Crippen molar-refractivity contribution in [1.29, 1.82) is 0 Å². The fourth-order valence-corrected chi connectivity index (χ4v) is 5.25. The minimum Gasteiger partial charge on any atom is -0.478 e. The summed E-state index contributed by atoms with van der Waals surface area (Å²) >= 11 is 6.03. The van der Waals surface area contributed by atoms with Gasteiger partial charge in [0.15, 0.2) is 0 Å². The van der Waals surface area contributed by atoms with Crippen molar-refractivity contribution in [1.82, 2.24) is 0 Å². The van der Waals surface area contributed by atoms with E-state index in [-0.39, 0.29) is 26.6 Å². The molecule has 1 heterocycles. The lowest BCUT2D eigenvalue weighted by molar-refractivity contribution is 0.0696. The molecule has 0 atom stereocenters. The summed E-state index contributed by atoms with van der Waals surface area (Å²) in [4.78, 5) is 23.8. The van der Waals surface area contributed by atoms with Crippen molar-refractivity contribution in [3.8, 4) is 0 Å². The van der Waals surface area contributed by atoms with E-state index in [1.807, 2.05) is 6.07 Å². The van der Waals surface area contributed by atoms with Crippen molar-refractivity contribution in [2.24, 2.45) is 0 Å². The first-order valence-electron chi connectivity index (χ1n) is 8.57.